The Morgan fingerprint density at radius 1 is 1.19 bits per heavy atom. The summed E-state index contributed by atoms with van der Waals surface area (Å²) in [7, 11) is -3.40. The van der Waals surface area contributed by atoms with E-state index in [9.17, 15) is 26.7 Å². The molecule has 1 atom stereocenters. The summed E-state index contributed by atoms with van der Waals surface area (Å²) < 4.78 is 68.9. The first-order chi connectivity index (χ1) is 14.9. The lowest BCUT2D eigenvalue weighted by Gasteiger charge is -2.23. The average Bonchev–Trinajstić information content (AvgIpc) is 3.20. The molecule has 0 aliphatic carbocycles. The number of nitrogens with zero attached hydrogens (tertiary/aromatic N) is 4. The van der Waals surface area contributed by atoms with Crippen molar-refractivity contribution >= 4 is 21.5 Å². The van der Waals surface area contributed by atoms with Crippen molar-refractivity contribution in [2.75, 3.05) is 17.7 Å². The zero-order valence-corrected chi connectivity index (χ0v) is 17.6. The van der Waals surface area contributed by atoms with Gasteiger partial charge in [-0.1, -0.05) is 5.10 Å². The SMILES string of the molecule is C[C@@H](O)CN(c1ccc(C#N)c(C(F)(F)F)c1)c1nnc(-c2ccc(S(C)(=O)=O)cc2)o1. The maximum atomic E-state index is 13.4. The van der Waals surface area contributed by atoms with Gasteiger partial charge >= 0.3 is 12.2 Å². The second-order valence-corrected chi connectivity index (χ2v) is 9.00. The molecule has 168 valence electrons. The van der Waals surface area contributed by atoms with Gasteiger partial charge in [0.1, 0.15) is 0 Å². The van der Waals surface area contributed by atoms with Crippen LogP contribution in [0.5, 0.6) is 0 Å². The number of hydrogen-bond donors (Lipinski definition) is 1. The van der Waals surface area contributed by atoms with Crippen LogP contribution < -0.4 is 4.90 Å². The van der Waals surface area contributed by atoms with E-state index in [2.05, 4.69) is 10.2 Å². The quantitative estimate of drug-likeness (QED) is 0.586. The predicted octanol–water partition coefficient (Wildman–Crippen LogP) is 3.55. The lowest BCUT2D eigenvalue weighted by molar-refractivity contribution is -0.137. The molecule has 1 aromatic heterocycles. The monoisotopic (exact) mass is 466 g/mol. The largest absolute Gasteiger partial charge is 0.417 e. The smallest absolute Gasteiger partial charge is 0.403 e. The van der Waals surface area contributed by atoms with Crippen molar-refractivity contribution in [2.24, 2.45) is 0 Å². The first-order valence-corrected chi connectivity index (χ1v) is 11.0. The molecule has 0 saturated heterocycles. The average molecular weight is 466 g/mol. The number of nitriles is 1. The predicted molar refractivity (Wildman–Crippen MR) is 108 cm³/mol. The molecule has 0 saturated carbocycles. The standard InChI is InChI=1S/C20H17F3N4O4S/c1-12(28)11-27(15-6-3-14(10-24)17(9-15)20(21,22)23)19-26-25-18(31-19)13-4-7-16(8-5-13)32(2,29)30/h3-9,12,28H,11H2,1-2H3/t12-/m1/s1. The van der Waals surface area contributed by atoms with Crippen molar-refractivity contribution in [1.82, 2.24) is 10.2 Å². The molecule has 12 heteroatoms. The van der Waals surface area contributed by atoms with Gasteiger partial charge in [-0.2, -0.15) is 18.4 Å². The zero-order chi connectivity index (χ0) is 23.7. The van der Waals surface area contributed by atoms with Crippen LogP contribution in [-0.4, -0.2) is 42.6 Å². The summed E-state index contributed by atoms with van der Waals surface area (Å²) in [5, 5.41) is 26.6. The zero-order valence-electron chi connectivity index (χ0n) is 16.8. The summed E-state index contributed by atoms with van der Waals surface area (Å²) >= 11 is 0. The van der Waals surface area contributed by atoms with E-state index < -0.39 is 33.2 Å². The molecule has 0 bridgehead atoms. The molecule has 2 aromatic carbocycles. The lowest BCUT2D eigenvalue weighted by atomic mass is 10.1. The van der Waals surface area contributed by atoms with Crippen LogP contribution in [-0.2, 0) is 16.0 Å². The highest BCUT2D eigenvalue weighted by Crippen LogP contribution is 2.36. The first-order valence-electron chi connectivity index (χ1n) is 9.11. The Kier molecular flexibility index (Phi) is 6.25. The number of aliphatic hydroxyl groups is 1. The number of halogens is 3. The van der Waals surface area contributed by atoms with E-state index in [1.54, 1.807) is 0 Å². The molecule has 0 aliphatic heterocycles. The van der Waals surface area contributed by atoms with E-state index in [1.165, 1.54) is 48.2 Å². The maximum Gasteiger partial charge on any atom is 0.417 e. The van der Waals surface area contributed by atoms with Gasteiger partial charge in [-0.3, -0.25) is 4.90 Å². The molecule has 3 aromatic rings. The van der Waals surface area contributed by atoms with Crippen LogP contribution in [0.3, 0.4) is 0 Å². The molecule has 0 unspecified atom stereocenters. The number of aromatic nitrogens is 2. The van der Waals surface area contributed by atoms with Gasteiger partial charge in [-0.05, 0) is 49.4 Å². The molecule has 0 spiro atoms. The third kappa shape index (κ3) is 5.06. The van der Waals surface area contributed by atoms with Crippen molar-refractivity contribution in [2.45, 2.75) is 24.1 Å². The third-order valence-corrected chi connectivity index (χ3v) is 5.49. The number of benzene rings is 2. The summed E-state index contributed by atoms with van der Waals surface area (Å²) in [6, 6.07) is 10.0. The van der Waals surface area contributed by atoms with E-state index >= 15 is 0 Å². The Bertz CT molecular complexity index is 1260. The molecule has 0 radical (unpaired) electrons. The second kappa shape index (κ2) is 8.60. The van der Waals surface area contributed by atoms with Gasteiger partial charge in [0.25, 0.3) is 0 Å². The van der Waals surface area contributed by atoms with Gasteiger partial charge in [-0.25, -0.2) is 8.42 Å². The molecule has 1 heterocycles. The van der Waals surface area contributed by atoms with Crippen molar-refractivity contribution in [3.63, 3.8) is 0 Å². The number of alkyl halides is 3. The summed E-state index contributed by atoms with van der Waals surface area (Å²) in [5.41, 5.74) is -1.30. The van der Waals surface area contributed by atoms with Crippen molar-refractivity contribution in [3.05, 3.63) is 53.6 Å². The Balaban J connectivity index is 2.02. The number of sulfone groups is 1. The van der Waals surface area contributed by atoms with Crippen molar-refractivity contribution in [1.29, 1.82) is 5.26 Å². The highest BCUT2D eigenvalue weighted by Gasteiger charge is 2.34. The number of hydrogen-bond acceptors (Lipinski definition) is 8. The van der Waals surface area contributed by atoms with Crippen LogP contribution in [0.2, 0.25) is 0 Å². The van der Waals surface area contributed by atoms with E-state index in [0.717, 1.165) is 18.4 Å². The Hall–Kier alpha value is -3.43. The van der Waals surface area contributed by atoms with Crippen molar-refractivity contribution < 1.29 is 31.1 Å². The molecule has 3 rings (SSSR count). The van der Waals surface area contributed by atoms with Gasteiger partial charge in [0.05, 0.1) is 34.7 Å². The number of aliphatic hydroxyl groups excluding tert-OH is 1. The van der Waals surface area contributed by atoms with Gasteiger partial charge in [-0.15, -0.1) is 5.10 Å². The van der Waals surface area contributed by atoms with E-state index in [0.29, 0.717) is 5.56 Å². The topological polar surface area (TPSA) is 120 Å². The normalized spacial score (nSPS) is 12.9. The Labute approximate surface area is 181 Å². The molecule has 0 fully saturated rings. The molecule has 1 N–H and O–H groups in total. The molecular formula is C20H17F3N4O4S. The fraction of sp³-hybridized carbons (Fsp3) is 0.250. The summed E-state index contributed by atoms with van der Waals surface area (Å²) in [5.74, 6) is 0.000309. The van der Waals surface area contributed by atoms with Crippen LogP contribution in [0, 0.1) is 11.3 Å². The van der Waals surface area contributed by atoms with E-state index in [1.807, 2.05) is 0 Å². The highest BCUT2D eigenvalue weighted by molar-refractivity contribution is 7.90. The van der Waals surface area contributed by atoms with E-state index in [-0.39, 0.29) is 29.0 Å². The first kappa shape index (κ1) is 23.2. The minimum absolute atomic E-state index is 0.000309. The maximum absolute atomic E-state index is 13.4. The number of anilines is 2. The second-order valence-electron chi connectivity index (χ2n) is 6.99. The number of rotatable bonds is 6. The van der Waals surface area contributed by atoms with Gasteiger partial charge < -0.3 is 9.52 Å². The fourth-order valence-electron chi connectivity index (χ4n) is 2.88. The van der Waals surface area contributed by atoms with Gasteiger partial charge in [0, 0.05) is 17.5 Å². The minimum Gasteiger partial charge on any atom is -0.403 e. The van der Waals surface area contributed by atoms with Gasteiger partial charge in [0.2, 0.25) is 5.89 Å². The molecule has 0 aliphatic rings. The molecule has 32 heavy (non-hydrogen) atoms. The summed E-state index contributed by atoms with van der Waals surface area (Å²) in [4.78, 5) is 1.29. The van der Waals surface area contributed by atoms with Crippen LogP contribution in [0.1, 0.15) is 18.1 Å². The van der Waals surface area contributed by atoms with Crippen LogP contribution in [0.25, 0.3) is 11.5 Å². The summed E-state index contributed by atoms with van der Waals surface area (Å²) in [6.07, 6.45) is -4.67. The fourth-order valence-corrected chi connectivity index (χ4v) is 3.51. The van der Waals surface area contributed by atoms with Gasteiger partial charge in [0.15, 0.2) is 9.84 Å². The Morgan fingerprint density at radius 3 is 2.38 bits per heavy atom. The summed E-state index contributed by atoms with van der Waals surface area (Å²) in [6.45, 7) is 1.26. The van der Waals surface area contributed by atoms with Crippen LogP contribution >= 0.6 is 0 Å². The highest BCUT2D eigenvalue weighted by atomic mass is 32.2. The molecule has 0 amide bonds. The molecule has 8 nitrogen and oxygen atoms in total. The lowest BCUT2D eigenvalue weighted by Crippen LogP contribution is -2.27. The van der Waals surface area contributed by atoms with Crippen molar-refractivity contribution in [3.8, 4) is 17.5 Å². The minimum atomic E-state index is -4.76. The van der Waals surface area contributed by atoms with Crippen LogP contribution in [0.4, 0.5) is 24.9 Å². The third-order valence-electron chi connectivity index (χ3n) is 4.36. The molecular weight excluding hydrogens is 449 g/mol. The van der Waals surface area contributed by atoms with Crippen LogP contribution in [0.15, 0.2) is 51.8 Å². The van der Waals surface area contributed by atoms with E-state index in [4.69, 9.17) is 9.68 Å². The Morgan fingerprint density at radius 2 is 1.84 bits per heavy atom.